The Hall–Kier alpha value is -1.06. The van der Waals surface area contributed by atoms with Gasteiger partial charge in [0.15, 0.2) is 0 Å². The fourth-order valence-corrected chi connectivity index (χ4v) is 3.61. The fraction of sp³-hybridized carbons (Fsp3) is 0.684. The maximum absolute atomic E-state index is 2.66. The average molecular weight is 301 g/mol. The summed E-state index contributed by atoms with van der Waals surface area (Å²) >= 11 is 0. The quantitative estimate of drug-likeness (QED) is 0.850. The molecule has 22 heavy (non-hydrogen) atoms. The van der Waals surface area contributed by atoms with Gasteiger partial charge in [0.25, 0.3) is 0 Å². The monoisotopic (exact) mass is 301 g/mol. The Kier molecular flexibility index (Phi) is 4.47. The van der Waals surface area contributed by atoms with Crippen LogP contribution in [0, 0.1) is 12.8 Å². The van der Waals surface area contributed by atoms with Crippen molar-refractivity contribution in [2.75, 3.05) is 50.7 Å². The average Bonchev–Trinajstić information content (AvgIpc) is 2.42. The first-order valence-corrected chi connectivity index (χ1v) is 8.71. The van der Waals surface area contributed by atoms with Crippen LogP contribution in [0.3, 0.4) is 0 Å². The van der Waals surface area contributed by atoms with Crippen LogP contribution in [-0.4, -0.2) is 61.2 Å². The van der Waals surface area contributed by atoms with Crippen LogP contribution in [0.5, 0.6) is 0 Å². The molecule has 0 bridgehead atoms. The van der Waals surface area contributed by atoms with E-state index in [1.807, 2.05) is 0 Å². The van der Waals surface area contributed by atoms with E-state index in [0.29, 0.717) is 5.54 Å². The number of rotatable bonds is 3. The molecule has 0 saturated carbocycles. The molecule has 0 aliphatic carbocycles. The van der Waals surface area contributed by atoms with Crippen molar-refractivity contribution in [2.45, 2.75) is 33.2 Å². The smallest absolute Gasteiger partial charge is 0.0369 e. The Morgan fingerprint density at radius 1 is 1.05 bits per heavy atom. The first-order chi connectivity index (χ1) is 10.4. The molecule has 0 unspecified atom stereocenters. The zero-order chi connectivity index (χ0) is 15.7. The van der Waals surface area contributed by atoms with Crippen LogP contribution in [-0.2, 0) is 0 Å². The number of hydrogen-bond donors (Lipinski definition) is 0. The van der Waals surface area contributed by atoms with E-state index < -0.39 is 0 Å². The van der Waals surface area contributed by atoms with Gasteiger partial charge in [0.2, 0.25) is 0 Å². The minimum atomic E-state index is 0.348. The molecule has 122 valence electrons. The molecule has 2 aliphatic heterocycles. The molecule has 3 nitrogen and oxygen atoms in total. The molecule has 1 aromatic rings. The van der Waals surface area contributed by atoms with Gasteiger partial charge in [-0.3, -0.25) is 9.80 Å². The van der Waals surface area contributed by atoms with Gasteiger partial charge in [0.1, 0.15) is 0 Å². The summed E-state index contributed by atoms with van der Waals surface area (Å²) in [5, 5.41) is 0. The number of anilines is 1. The van der Waals surface area contributed by atoms with E-state index in [1.54, 1.807) is 0 Å². The van der Waals surface area contributed by atoms with Crippen molar-refractivity contribution >= 4 is 5.69 Å². The molecule has 3 heteroatoms. The Labute approximate surface area is 135 Å². The van der Waals surface area contributed by atoms with Crippen LogP contribution in [0.4, 0.5) is 5.69 Å². The number of hydrogen-bond acceptors (Lipinski definition) is 3. The summed E-state index contributed by atoms with van der Waals surface area (Å²) in [6.07, 6.45) is 0. The highest BCUT2D eigenvalue weighted by molar-refractivity contribution is 5.48. The van der Waals surface area contributed by atoms with E-state index in [-0.39, 0.29) is 0 Å². The Morgan fingerprint density at radius 3 is 2.32 bits per heavy atom. The zero-order valence-electron chi connectivity index (χ0n) is 14.7. The predicted molar refractivity (Wildman–Crippen MR) is 94.6 cm³/mol. The van der Waals surface area contributed by atoms with Crippen LogP contribution in [0.2, 0.25) is 0 Å². The highest BCUT2D eigenvalue weighted by atomic mass is 15.3. The van der Waals surface area contributed by atoms with Crippen molar-refractivity contribution in [1.29, 1.82) is 0 Å². The standard InChI is InChI=1S/C19H31N3/c1-16-6-5-7-18(12-16)21-10-8-20(9-11-21)13-17-14-22(15-17)19(2,3)4/h5-7,12,17H,8-11,13-15H2,1-4H3. The van der Waals surface area contributed by atoms with E-state index in [1.165, 1.54) is 57.1 Å². The number of likely N-dealkylation sites (tertiary alicyclic amines) is 1. The first-order valence-electron chi connectivity index (χ1n) is 8.71. The maximum atomic E-state index is 2.66. The molecule has 0 aromatic heterocycles. The van der Waals surface area contributed by atoms with E-state index in [9.17, 15) is 0 Å². The topological polar surface area (TPSA) is 9.72 Å². The van der Waals surface area contributed by atoms with E-state index in [2.05, 4.69) is 66.7 Å². The van der Waals surface area contributed by atoms with Crippen LogP contribution >= 0.6 is 0 Å². The molecule has 1 aromatic carbocycles. The van der Waals surface area contributed by atoms with Crippen molar-refractivity contribution in [1.82, 2.24) is 9.80 Å². The Balaban J connectivity index is 1.43. The van der Waals surface area contributed by atoms with Crippen LogP contribution in [0.1, 0.15) is 26.3 Å². The van der Waals surface area contributed by atoms with Crippen molar-refractivity contribution in [3.63, 3.8) is 0 Å². The second-order valence-electron chi connectivity index (χ2n) is 8.07. The van der Waals surface area contributed by atoms with Crippen LogP contribution in [0.25, 0.3) is 0 Å². The highest BCUT2D eigenvalue weighted by Crippen LogP contribution is 2.26. The van der Waals surface area contributed by atoms with Gasteiger partial charge in [-0.05, 0) is 51.3 Å². The lowest BCUT2D eigenvalue weighted by Gasteiger charge is -2.49. The third kappa shape index (κ3) is 3.64. The van der Waals surface area contributed by atoms with Crippen molar-refractivity contribution < 1.29 is 0 Å². The zero-order valence-corrected chi connectivity index (χ0v) is 14.7. The molecule has 2 aliphatic rings. The third-order valence-corrected chi connectivity index (χ3v) is 5.16. The van der Waals surface area contributed by atoms with E-state index >= 15 is 0 Å². The van der Waals surface area contributed by atoms with Gasteiger partial charge in [0, 0.05) is 57.0 Å². The SMILES string of the molecule is Cc1cccc(N2CCN(CC3CN(C(C)(C)C)C3)CC2)c1. The summed E-state index contributed by atoms with van der Waals surface area (Å²) in [4.78, 5) is 7.79. The normalized spacial score (nSPS) is 21.9. The van der Waals surface area contributed by atoms with E-state index in [0.717, 1.165) is 5.92 Å². The van der Waals surface area contributed by atoms with Gasteiger partial charge in [0.05, 0.1) is 0 Å². The van der Waals surface area contributed by atoms with Crippen LogP contribution in [0.15, 0.2) is 24.3 Å². The lowest BCUT2D eigenvalue weighted by molar-refractivity contribution is -0.00249. The van der Waals surface area contributed by atoms with E-state index in [4.69, 9.17) is 0 Å². The van der Waals surface area contributed by atoms with Gasteiger partial charge < -0.3 is 4.90 Å². The molecule has 2 heterocycles. The van der Waals surface area contributed by atoms with Gasteiger partial charge in [-0.25, -0.2) is 0 Å². The first kappa shape index (κ1) is 15.8. The summed E-state index contributed by atoms with van der Waals surface area (Å²) < 4.78 is 0. The minimum absolute atomic E-state index is 0.348. The Morgan fingerprint density at radius 2 is 1.73 bits per heavy atom. The summed E-state index contributed by atoms with van der Waals surface area (Å²) in [5.41, 5.74) is 3.10. The lowest BCUT2D eigenvalue weighted by atomic mass is 9.92. The molecule has 0 N–H and O–H groups in total. The van der Waals surface area contributed by atoms with Gasteiger partial charge in [-0.1, -0.05) is 12.1 Å². The third-order valence-electron chi connectivity index (χ3n) is 5.16. The van der Waals surface area contributed by atoms with Gasteiger partial charge >= 0.3 is 0 Å². The molecule has 3 rings (SSSR count). The molecular formula is C19H31N3. The molecule has 2 fully saturated rings. The molecule has 2 saturated heterocycles. The molecule has 0 amide bonds. The summed E-state index contributed by atoms with van der Waals surface area (Å²) in [6, 6.07) is 8.91. The maximum Gasteiger partial charge on any atom is 0.0369 e. The van der Waals surface area contributed by atoms with Crippen LogP contribution < -0.4 is 4.90 Å². The van der Waals surface area contributed by atoms with Crippen molar-refractivity contribution in [3.8, 4) is 0 Å². The summed E-state index contributed by atoms with van der Waals surface area (Å²) in [6.45, 7) is 17.7. The predicted octanol–water partition coefficient (Wildman–Crippen LogP) is 2.85. The summed E-state index contributed by atoms with van der Waals surface area (Å²) in [7, 11) is 0. The minimum Gasteiger partial charge on any atom is -0.369 e. The number of piperazine rings is 1. The largest absolute Gasteiger partial charge is 0.369 e. The van der Waals surface area contributed by atoms with Crippen molar-refractivity contribution in [3.05, 3.63) is 29.8 Å². The fourth-order valence-electron chi connectivity index (χ4n) is 3.61. The lowest BCUT2D eigenvalue weighted by Crippen LogP contribution is -2.59. The van der Waals surface area contributed by atoms with Gasteiger partial charge in [-0.2, -0.15) is 0 Å². The molecular weight excluding hydrogens is 270 g/mol. The second-order valence-corrected chi connectivity index (χ2v) is 8.07. The highest BCUT2D eigenvalue weighted by Gasteiger charge is 2.35. The molecule has 0 atom stereocenters. The second kappa shape index (κ2) is 6.21. The number of aryl methyl sites for hydroxylation is 1. The Bertz CT molecular complexity index is 492. The number of benzene rings is 1. The summed E-state index contributed by atoms with van der Waals surface area (Å²) in [5.74, 6) is 0.879. The number of nitrogens with zero attached hydrogens (tertiary/aromatic N) is 3. The molecule has 0 spiro atoms. The van der Waals surface area contributed by atoms with Crippen molar-refractivity contribution in [2.24, 2.45) is 5.92 Å². The molecule has 0 radical (unpaired) electrons. The van der Waals surface area contributed by atoms with Gasteiger partial charge in [-0.15, -0.1) is 0 Å².